The van der Waals surface area contributed by atoms with Crippen molar-refractivity contribution in [1.82, 2.24) is 5.32 Å². The highest BCUT2D eigenvalue weighted by atomic mass is 32.2. The van der Waals surface area contributed by atoms with Gasteiger partial charge in [-0.15, -0.1) is 18.2 Å². The summed E-state index contributed by atoms with van der Waals surface area (Å²) in [6, 6.07) is 4.21. The van der Waals surface area contributed by atoms with Gasteiger partial charge in [0.05, 0.1) is 5.75 Å². The van der Waals surface area contributed by atoms with Crippen LogP contribution in [0.25, 0.3) is 0 Å². The minimum absolute atomic E-state index is 0.0991. The Hall–Kier alpha value is -1.71. The average Bonchev–Trinajstić information content (AvgIpc) is 2.43. The first-order chi connectivity index (χ1) is 9.19. The van der Waals surface area contributed by atoms with Crippen molar-refractivity contribution in [3.63, 3.8) is 0 Å². The summed E-state index contributed by atoms with van der Waals surface area (Å²) in [6.07, 6.45) is 5.14. The van der Waals surface area contributed by atoms with Gasteiger partial charge in [0.25, 0.3) is 0 Å². The molecule has 0 aromatic heterocycles. The summed E-state index contributed by atoms with van der Waals surface area (Å²) < 4.78 is 13.1. The van der Waals surface area contributed by atoms with Crippen molar-refractivity contribution in [3.05, 3.63) is 35.1 Å². The second-order valence-electron chi connectivity index (χ2n) is 3.72. The zero-order chi connectivity index (χ0) is 14.1. The van der Waals surface area contributed by atoms with E-state index in [2.05, 4.69) is 16.4 Å². The summed E-state index contributed by atoms with van der Waals surface area (Å²) in [5, 5.41) is 14.8. The molecule has 0 aliphatic heterocycles. The number of nitrogens with zero attached hydrogens (tertiary/aromatic N) is 1. The average molecular weight is 281 g/mol. The number of nitrogens with two attached hydrogens (primary N) is 1. The van der Waals surface area contributed by atoms with Crippen LogP contribution in [0, 0.1) is 18.2 Å². The first-order valence-electron chi connectivity index (χ1n) is 5.67. The van der Waals surface area contributed by atoms with Crippen molar-refractivity contribution in [2.24, 2.45) is 10.9 Å². The Morgan fingerprint density at radius 1 is 1.58 bits per heavy atom. The van der Waals surface area contributed by atoms with Crippen LogP contribution in [0.4, 0.5) is 4.39 Å². The van der Waals surface area contributed by atoms with Gasteiger partial charge in [-0.05, 0) is 17.7 Å². The number of rotatable bonds is 7. The highest BCUT2D eigenvalue weighted by Crippen LogP contribution is 2.11. The molecule has 4 N–H and O–H groups in total. The molecule has 0 aliphatic carbocycles. The molecule has 1 aromatic carbocycles. The normalized spacial score (nSPS) is 11.3. The highest BCUT2D eigenvalue weighted by molar-refractivity contribution is 7.99. The number of hydrogen-bond donors (Lipinski definition) is 3. The minimum Gasteiger partial charge on any atom is -0.409 e. The maximum atomic E-state index is 13.1. The van der Waals surface area contributed by atoms with Gasteiger partial charge in [-0.2, -0.15) is 0 Å². The van der Waals surface area contributed by atoms with Gasteiger partial charge in [-0.25, -0.2) is 4.39 Å². The molecule has 1 rings (SSSR count). The Kier molecular flexibility index (Phi) is 6.79. The summed E-state index contributed by atoms with van der Waals surface area (Å²) in [6.45, 7) is 1.29. The van der Waals surface area contributed by atoms with Gasteiger partial charge in [0.15, 0.2) is 5.84 Å². The predicted molar refractivity (Wildman–Crippen MR) is 76.8 cm³/mol. The van der Waals surface area contributed by atoms with Crippen molar-refractivity contribution < 1.29 is 9.60 Å². The molecule has 0 spiro atoms. The van der Waals surface area contributed by atoms with Crippen LogP contribution in [0.15, 0.2) is 23.4 Å². The maximum Gasteiger partial charge on any atom is 0.170 e. The Labute approximate surface area is 116 Å². The lowest BCUT2D eigenvalue weighted by molar-refractivity contribution is 0.318. The smallest absolute Gasteiger partial charge is 0.170 e. The van der Waals surface area contributed by atoms with E-state index in [1.165, 1.54) is 12.1 Å². The molecule has 0 bridgehead atoms. The van der Waals surface area contributed by atoms with E-state index in [0.717, 1.165) is 17.9 Å². The molecule has 0 aliphatic rings. The SMILES string of the molecule is C#CCSCCNCc1ccc(F)cc1/C(N)=N\O. The molecular formula is C13H16FN3OS. The number of amidine groups is 1. The Balaban J connectivity index is 2.56. The van der Waals surface area contributed by atoms with Crippen LogP contribution in [0.1, 0.15) is 11.1 Å². The zero-order valence-electron chi connectivity index (χ0n) is 10.4. The van der Waals surface area contributed by atoms with Crippen LogP contribution in [-0.2, 0) is 6.54 Å². The highest BCUT2D eigenvalue weighted by Gasteiger charge is 2.08. The van der Waals surface area contributed by atoms with Crippen molar-refractivity contribution in [3.8, 4) is 12.3 Å². The van der Waals surface area contributed by atoms with Gasteiger partial charge < -0.3 is 16.3 Å². The van der Waals surface area contributed by atoms with E-state index in [9.17, 15) is 4.39 Å². The fourth-order valence-electron chi connectivity index (χ4n) is 1.49. The number of halogens is 1. The van der Waals surface area contributed by atoms with Crippen LogP contribution < -0.4 is 11.1 Å². The molecule has 102 valence electrons. The number of thioether (sulfide) groups is 1. The molecule has 4 nitrogen and oxygen atoms in total. The molecule has 0 heterocycles. The van der Waals surface area contributed by atoms with E-state index in [1.54, 1.807) is 17.8 Å². The van der Waals surface area contributed by atoms with Crippen LogP contribution in [0.2, 0.25) is 0 Å². The van der Waals surface area contributed by atoms with Gasteiger partial charge in [0.1, 0.15) is 5.82 Å². The summed E-state index contributed by atoms with van der Waals surface area (Å²) in [4.78, 5) is 0. The number of terminal acetylenes is 1. The standard InChI is InChI=1S/C13H16FN3OS/c1-2-6-19-7-5-16-9-10-3-4-11(14)8-12(10)13(15)17-18/h1,3-4,8,16,18H,5-7,9H2,(H2,15,17). The molecule has 0 saturated heterocycles. The van der Waals surface area contributed by atoms with E-state index >= 15 is 0 Å². The molecule has 0 unspecified atom stereocenters. The van der Waals surface area contributed by atoms with E-state index in [-0.39, 0.29) is 5.84 Å². The van der Waals surface area contributed by atoms with Gasteiger partial charge in [0.2, 0.25) is 0 Å². The molecule has 6 heteroatoms. The summed E-state index contributed by atoms with van der Waals surface area (Å²) >= 11 is 1.66. The van der Waals surface area contributed by atoms with E-state index < -0.39 is 5.82 Å². The van der Waals surface area contributed by atoms with Crippen molar-refractivity contribution in [2.75, 3.05) is 18.1 Å². The quantitative estimate of drug-likeness (QED) is 0.176. The third-order valence-corrected chi connectivity index (χ3v) is 3.24. The first-order valence-corrected chi connectivity index (χ1v) is 6.82. The third kappa shape index (κ3) is 5.20. The van der Waals surface area contributed by atoms with Gasteiger partial charge in [0, 0.05) is 24.4 Å². The molecule has 0 atom stereocenters. The fourth-order valence-corrected chi connectivity index (χ4v) is 2.04. The summed E-state index contributed by atoms with van der Waals surface area (Å²) in [5.74, 6) is 3.61. The topological polar surface area (TPSA) is 70.6 Å². The number of benzene rings is 1. The van der Waals surface area contributed by atoms with Crippen LogP contribution >= 0.6 is 11.8 Å². The van der Waals surface area contributed by atoms with E-state index in [4.69, 9.17) is 17.4 Å². The molecule has 1 aromatic rings. The fraction of sp³-hybridized carbons (Fsp3) is 0.308. The molecule has 0 saturated carbocycles. The Morgan fingerprint density at radius 2 is 2.37 bits per heavy atom. The molecule has 0 amide bonds. The largest absolute Gasteiger partial charge is 0.409 e. The minimum atomic E-state index is -0.421. The number of hydrogen-bond acceptors (Lipinski definition) is 4. The summed E-state index contributed by atoms with van der Waals surface area (Å²) in [7, 11) is 0. The molecule has 19 heavy (non-hydrogen) atoms. The molecule has 0 radical (unpaired) electrons. The predicted octanol–water partition coefficient (Wildman–Crippen LogP) is 1.38. The van der Waals surface area contributed by atoms with Crippen molar-refractivity contribution >= 4 is 17.6 Å². The second-order valence-corrected chi connectivity index (χ2v) is 4.83. The monoisotopic (exact) mass is 281 g/mol. The third-order valence-electron chi connectivity index (χ3n) is 2.38. The van der Waals surface area contributed by atoms with Gasteiger partial charge in [-0.3, -0.25) is 0 Å². The lowest BCUT2D eigenvalue weighted by atomic mass is 10.1. The van der Waals surface area contributed by atoms with Crippen molar-refractivity contribution in [1.29, 1.82) is 0 Å². The number of nitrogens with one attached hydrogen (secondary N) is 1. The lowest BCUT2D eigenvalue weighted by Gasteiger charge is -2.09. The second kappa shape index (κ2) is 8.40. The van der Waals surface area contributed by atoms with Gasteiger partial charge >= 0.3 is 0 Å². The molecule has 0 fully saturated rings. The van der Waals surface area contributed by atoms with Crippen LogP contribution in [0.5, 0.6) is 0 Å². The first kappa shape index (κ1) is 15.3. The maximum absolute atomic E-state index is 13.1. The van der Waals surface area contributed by atoms with Crippen LogP contribution in [-0.4, -0.2) is 29.1 Å². The van der Waals surface area contributed by atoms with E-state index in [1.807, 2.05) is 0 Å². The lowest BCUT2D eigenvalue weighted by Crippen LogP contribution is -2.21. The molecular weight excluding hydrogens is 265 g/mol. The Bertz CT molecular complexity index is 485. The Morgan fingerprint density at radius 3 is 3.05 bits per heavy atom. The van der Waals surface area contributed by atoms with Crippen LogP contribution in [0.3, 0.4) is 0 Å². The summed E-state index contributed by atoms with van der Waals surface area (Å²) in [5.41, 5.74) is 6.68. The van der Waals surface area contributed by atoms with E-state index in [0.29, 0.717) is 17.9 Å². The zero-order valence-corrected chi connectivity index (χ0v) is 11.2. The van der Waals surface area contributed by atoms with Crippen molar-refractivity contribution in [2.45, 2.75) is 6.54 Å². The number of oxime groups is 1. The van der Waals surface area contributed by atoms with Gasteiger partial charge in [-0.1, -0.05) is 17.1 Å².